The molecule has 0 aliphatic heterocycles. The molecule has 0 amide bonds. The second-order valence-corrected chi connectivity index (χ2v) is 4.19. The van der Waals surface area contributed by atoms with Gasteiger partial charge >= 0.3 is 6.01 Å². The third-order valence-corrected chi connectivity index (χ3v) is 2.59. The van der Waals surface area contributed by atoms with Gasteiger partial charge in [0.1, 0.15) is 0 Å². The van der Waals surface area contributed by atoms with Crippen LogP contribution in [0.5, 0.6) is 6.01 Å². The number of hydrogen-bond acceptors (Lipinski definition) is 7. The predicted molar refractivity (Wildman–Crippen MR) is 76.8 cm³/mol. The van der Waals surface area contributed by atoms with E-state index in [-0.39, 0.29) is 0 Å². The molecule has 0 unspecified atom stereocenters. The first kappa shape index (κ1) is 15.4. The summed E-state index contributed by atoms with van der Waals surface area (Å²) in [6.07, 6.45) is 0.921. The highest BCUT2D eigenvalue weighted by atomic mass is 16.5. The summed E-state index contributed by atoms with van der Waals surface area (Å²) >= 11 is 0. The van der Waals surface area contributed by atoms with Crippen LogP contribution in [0.3, 0.4) is 0 Å². The Morgan fingerprint density at radius 3 is 2.53 bits per heavy atom. The Kier molecular flexibility index (Phi) is 6.88. The van der Waals surface area contributed by atoms with E-state index < -0.39 is 0 Å². The van der Waals surface area contributed by atoms with Gasteiger partial charge in [-0.25, -0.2) is 0 Å². The first-order valence-corrected chi connectivity index (χ1v) is 6.68. The topological polar surface area (TPSA) is 75.2 Å². The van der Waals surface area contributed by atoms with Crippen LogP contribution in [0.25, 0.3) is 0 Å². The molecule has 1 rings (SSSR count). The molecule has 1 heterocycles. The molecule has 19 heavy (non-hydrogen) atoms. The van der Waals surface area contributed by atoms with Crippen molar-refractivity contribution < 1.29 is 4.74 Å². The molecular weight excluding hydrogens is 244 g/mol. The van der Waals surface area contributed by atoms with Crippen LogP contribution in [0, 0.1) is 0 Å². The highest BCUT2D eigenvalue weighted by molar-refractivity contribution is 5.35. The summed E-state index contributed by atoms with van der Waals surface area (Å²) in [5.41, 5.74) is 0. The van der Waals surface area contributed by atoms with Gasteiger partial charge in [-0.05, 0) is 20.0 Å². The predicted octanol–water partition coefficient (Wildman–Crippen LogP) is 1.07. The van der Waals surface area contributed by atoms with Crippen molar-refractivity contribution in [1.29, 1.82) is 0 Å². The number of nitrogens with zero attached hydrogens (tertiary/aromatic N) is 4. The molecule has 7 heteroatoms. The summed E-state index contributed by atoms with van der Waals surface area (Å²) in [5, 5.41) is 6.08. The third kappa shape index (κ3) is 5.69. The van der Waals surface area contributed by atoms with Crippen LogP contribution in [0.1, 0.15) is 20.3 Å². The summed E-state index contributed by atoms with van der Waals surface area (Å²) in [6.45, 7) is 7.50. The van der Waals surface area contributed by atoms with E-state index in [9.17, 15) is 0 Å². The van der Waals surface area contributed by atoms with E-state index in [1.165, 1.54) is 0 Å². The Bertz CT molecular complexity index is 373. The molecule has 2 N–H and O–H groups in total. The average Bonchev–Trinajstić information content (AvgIpc) is 2.44. The first-order valence-electron chi connectivity index (χ1n) is 6.68. The van der Waals surface area contributed by atoms with Gasteiger partial charge in [-0.1, -0.05) is 13.8 Å². The van der Waals surface area contributed by atoms with Crippen molar-refractivity contribution in [1.82, 2.24) is 19.9 Å². The Labute approximate surface area is 114 Å². The zero-order valence-corrected chi connectivity index (χ0v) is 12.2. The molecule has 0 radical (unpaired) electrons. The highest BCUT2D eigenvalue weighted by Crippen LogP contribution is 2.10. The molecule has 0 fully saturated rings. The number of hydrogen-bond donors (Lipinski definition) is 2. The zero-order chi connectivity index (χ0) is 14.1. The molecule has 0 saturated carbocycles. The smallest absolute Gasteiger partial charge is 0.323 e. The largest absolute Gasteiger partial charge is 0.463 e. The van der Waals surface area contributed by atoms with Crippen LogP contribution in [-0.2, 0) is 0 Å². The third-order valence-electron chi connectivity index (χ3n) is 2.59. The number of nitrogens with one attached hydrogen (secondary N) is 2. The van der Waals surface area contributed by atoms with E-state index in [1.54, 1.807) is 7.05 Å². The van der Waals surface area contributed by atoms with Gasteiger partial charge in [0.2, 0.25) is 11.9 Å². The normalized spacial score (nSPS) is 10.6. The summed E-state index contributed by atoms with van der Waals surface area (Å²) in [5.74, 6) is 1.04. The minimum absolute atomic E-state index is 0.354. The molecule has 0 saturated heterocycles. The molecule has 7 nitrogen and oxygen atoms in total. The SMILES string of the molecule is CCCOc1nc(NC)nc(NCCN(C)CC)n1. The number of likely N-dealkylation sites (N-methyl/N-ethyl adjacent to an activating group) is 1. The van der Waals surface area contributed by atoms with E-state index in [1.807, 2.05) is 6.92 Å². The molecule has 0 aliphatic rings. The van der Waals surface area contributed by atoms with E-state index in [4.69, 9.17) is 4.74 Å². The first-order chi connectivity index (χ1) is 9.19. The summed E-state index contributed by atoms with van der Waals surface area (Å²) < 4.78 is 5.43. The number of ether oxygens (including phenoxy) is 1. The van der Waals surface area contributed by atoms with Crippen LogP contribution in [0.4, 0.5) is 11.9 Å². The van der Waals surface area contributed by atoms with Crippen LogP contribution >= 0.6 is 0 Å². The fourth-order valence-corrected chi connectivity index (χ4v) is 1.32. The lowest BCUT2D eigenvalue weighted by Gasteiger charge is -2.14. The molecular formula is C12H24N6O. The van der Waals surface area contributed by atoms with Crippen molar-refractivity contribution >= 4 is 11.9 Å². The Morgan fingerprint density at radius 2 is 1.89 bits per heavy atom. The van der Waals surface area contributed by atoms with Crippen molar-refractivity contribution in [2.75, 3.05) is 51.0 Å². The van der Waals surface area contributed by atoms with E-state index in [0.29, 0.717) is 24.5 Å². The van der Waals surface area contributed by atoms with Crippen LogP contribution < -0.4 is 15.4 Å². The molecule has 0 bridgehead atoms. The maximum absolute atomic E-state index is 5.43. The number of anilines is 2. The summed E-state index contributed by atoms with van der Waals surface area (Å²) in [7, 11) is 3.84. The second kappa shape index (κ2) is 8.47. The fraction of sp³-hybridized carbons (Fsp3) is 0.750. The van der Waals surface area contributed by atoms with Crippen LogP contribution in [-0.4, -0.2) is 60.2 Å². The molecule has 0 atom stereocenters. The van der Waals surface area contributed by atoms with Gasteiger partial charge in [0.15, 0.2) is 0 Å². The molecule has 0 aliphatic carbocycles. The lowest BCUT2D eigenvalue weighted by Crippen LogP contribution is -2.25. The van der Waals surface area contributed by atoms with E-state index in [2.05, 4.69) is 44.5 Å². The molecule has 1 aromatic rings. The Morgan fingerprint density at radius 1 is 1.16 bits per heavy atom. The van der Waals surface area contributed by atoms with Gasteiger partial charge in [-0.15, -0.1) is 0 Å². The van der Waals surface area contributed by atoms with Crippen molar-refractivity contribution in [3.63, 3.8) is 0 Å². The minimum atomic E-state index is 0.354. The van der Waals surface area contributed by atoms with Gasteiger partial charge in [0, 0.05) is 20.1 Å². The molecule has 0 spiro atoms. The molecule has 108 valence electrons. The van der Waals surface area contributed by atoms with Crippen molar-refractivity contribution in [2.24, 2.45) is 0 Å². The molecule has 1 aromatic heterocycles. The Hall–Kier alpha value is -1.63. The van der Waals surface area contributed by atoms with Crippen LogP contribution in [0.15, 0.2) is 0 Å². The zero-order valence-electron chi connectivity index (χ0n) is 12.2. The quantitative estimate of drug-likeness (QED) is 0.693. The second-order valence-electron chi connectivity index (χ2n) is 4.19. The summed E-state index contributed by atoms with van der Waals surface area (Å²) in [6, 6.07) is 0.354. The molecule has 0 aromatic carbocycles. The fourth-order valence-electron chi connectivity index (χ4n) is 1.32. The van der Waals surface area contributed by atoms with Crippen molar-refractivity contribution in [3.8, 4) is 6.01 Å². The van der Waals surface area contributed by atoms with Crippen LogP contribution in [0.2, 0.25) is 0 Å². The number of rotatable bonds is 9. The standard InChI is InChI=1S/C12H24N6O/c1-5-9-19-12-16-10(13-3)15-11(17-12)14-7-8-18(4)6-2/h5-9H2,1-4H3,(H2,13,14,15,16,17). The number of aromatic nitrogens is 3. The van der Waals surface area contributed by atoms with Gasteiger partial charge in [0.05, 0.1) is 6.61 Å². The Balaban J connectivity index is 2.60. The summed E-state index contributed by atoms with van der Waals surface area (Å²) in [4.78, 5) is 14.8. The van der Waals surface area contributed by atoms with Gasteiger partial charge < -0.3 is 20.3 Å². The van der Waals surface area contributed by atoms with E-state index >= 15 is 0 Å². The maximum atomic E-state index is 5.43. The van der Waals surface area contributed by atoms with E-state index in [0.717, 1.165) is 26.1 Å². The lowest BCUT2D eigenvalue weighted by atomic mass is 10.5. The monoisotopic (exact) mass is 268 g/mol. The van der Waals surface area contributed by atoms with Crippen molar-refractivity contribution in [3.05, 3.63) is 0 Å². The highest BCUT2D eigenvalue weighted by Gasteiger charge is 2.06. The maximum Gasteiger partial charge on any atom is 0.323 e. The minimum Gasteiger partial charge on any atom is -0.463 e. The lowest BCUT2D eigenvalue weighted by molar-refractivity contribution is 0.292. The van der Waals surface area contributed by atoms with Gasteiger partial charge in [-0.2, -0.15) is 15.0 Å². The average molecular weight is 268 g/mol. The van der Waals surface area contributed by atoms with Crippen molar-refractivity contribution in [2.45, 2.75) is 20.3 Å². The van der Waals surface area contributed by atoms with Gasteiger partial charge in [0.25, 0.3) is 0 Å². The van der Waals surface area contributed by atoms with Gasteiger partial charge in [-0.3, -0.25) is 0 Å².